The highest BCUT2D eigenvalue weighted by molar-refractivity contribution is 6.04. The molecule has 1 aliphatic rings. The van der Waals surface area contributed by atoms with Crippen molar-refractivity contribution in [2.24, 2.45) is 0 Å². The zero-order chi connectivity index (χ0) is 25.0. The number of ether oxygens (including phenoxy) is 1. The van der Waals surface area contributed by atoms with Crippen LogP contribution >= 0.6 is 0 Å². The van der Waals surface area contributed by atoms with E-state index in [0.29, 0.717) is 24.0 Å². The van der Waals surface area contributed by atoms with Crippen molar-refractivity contribution in [2.75, 3.05) is 25.5 Å². The Morgan fingerprint density at radius 3 is 2.80 bits per heavy atom. The van der Waals surface area contributed by atoms with E-state index in [1.165, 1.54) is 12.1 Å². The molecular weight excluding hydrogens is 442 g/mol. The fourth-order valence-electron chi connectivity index (χ4n) is 4.45. The number of H-pyrrole nitrogens is 1. The average Bonchev–Trinajstić information content (AvgIpc) is 3.41. The van der Waals surface area contributed by atoms with Gasteiger partial charge in [0.15, 0.2) is 0 Å². The van der Waals surface area contributed by atoms with E-state index in [1.54, 1.807) is 12.3 Å². The number of nitrogens with zero attached hydrogens (tertiary/aromatic N) is 2. The second-order valence-corrected chi connectivity index (χ2v) is 10.2. The monoisotopic (exact) mass is 477 g/mol. The van der Waals surface area contributed by atoms with Crippen molar-refractivity contribution in [3.8, 4) is 0 Å². The molecule has 0 unspecified atom stereocenters. The fourth-order valence-corrected chi connectivity index (χ4v) is 4.45. The number of pyridine rings is 1. The number of rotatable bonds is 7. The third-order valence-corrected chi connectivity index (χ3v) is 6.15. The Bertz CT molecular complexity index is 1200. The van der Waals surface area contributed by atoms with Crippen molar-refractivity contribution in [2.45, 2.75) is 58.1 Å². The highest BCUT2D eigenvalue weighted by atomic mass is 16.6. The highest BCUT2D eigenvalue weighted by Gasteiger charge is 2.24. The van der Waals surface area contributed by atoms with E-state index >= 15 is 0 Å². The Morgan fingerprint density at radius 1 is 1.23 bits per heavy atom. The minimum Gasteiger partial charge on any atom is -0.444 e. The van der Waals surface area contributed by atoms with Crippen LogP contribution in [0.15, 0.2) is 42.6 Å². The SMILES string of the molecule is CN1CCC[C@@H]1c1cc2cnc(NC(=O)c3cccc(CCCNC(=O)OC(C)(C)C)c3)cc2[nH]1. The largest absolute Gasteiger partial charge is 0.444 e. The smallest absolute Gasteiger partial charge is 0.407 e. The Kier molecular flexibility index (Phi) is 7.40. The molecule has 2 aromatic heterocycles. The maximum atomic E-state index is 12.9. The van der Waals surface area contributed by atoms with Crippen molar-refractivity contribution in [3.63, 3.8) is 0 Å². The second-order valence-electron chi connectivity index (χ2n) is 10.2. The van der Waals surface area contributed by atoms with Gasteiger partial charge in [-0.25, -0.2) is 9.78 Å². The van der Waals surface area contributed by atoms with E-state index in [-0.39, 0.29) is 5.91 Å². The predicted octanol–water partition coefficient (Wildman–Crippen LogP) is 5.04. The molecule has 0 radical (unpaired) electrons. The molecule has 1 saturated heterocycles. The maximum Gasteiger partial charge on any atom is 0.407 e. The molecule has 3 heterocycles. The van der Waals surface area contributed by atoms with Crippen molar-refractivity contribution >= 4 is 28.7 Å². The number of fused-ring (bicyclic) bond motifs is 1. The van der Waals surface area contributed by atoms with Gasteiger partial charge in [-0.2, -0.15) is 0 Å². The van der Waals surface area contributed by atoms with Gasteiger partial charge in [0.2, 0.25) is 0 Å². The number of nitrogens with one attached hydrogen (secondary N) is 3. The number of carbonyl (C=O) groups is 2. The lowest BCUT2D eigenvalue weighted by Gasteiger charge is -2.19. The first-order chi connectivity index (χ1) is 16.7. The quantitative estimate of drug-likeness (QED) is 0.414. The molecule has 8 heteroatoms. The lowest BCUT2D eigenvalue weighted by Crippen LogP contribution is -2.33. The van der Waals surface area contributed by atoms with Crippen LogP contribution in [-0.2, 0) is 11.2 Å². The van der Waals surface area contributed by atoms with Gasteiger partial charge in [-0.15, -0.1) is 0 Å². The van der Waals surface area contributed by atoms with Gasteiger partial charge in [0, 0.05) is 41.5 Å². The number of hydrogen-bond donors (Lipinski definition) is 3. The summed E-state index contributed by atoms with van der Waals surface area (Å²) in [7, 11) is 2.15. The first-order valence-electron chi connectivity index (χ1n) is 12.2. The highest BCUT2D eigenvalue weighted by Crippen LogP contribution is 2.32. The zero-order valence-electron chi connectivity index (χ0n) is 21.0. The molecule has 0 aliphatic carbocycles. The number of aryl methyl sites for hydroxylation is 1. The van der Waals surface area contributed by atoms with Crippen LogP contribution in [0, 0.1) is 0 Å². The standard InChI is InChI=1S/C27H35N5O3/c1-27(2,3)35-26(34)28-12-6-9-18-8-5-10-19(14-18)25(33)31-24-16-21-20(17-29-24)15-22(30-21)23-11-7-13-32(23)4/h5,8,10,14-17,23,30H,6-7,9,11-13H2,1-4H3,(H,28,34)(H,29,31,33)/t23-/m1/s1. The molecule has 8 nitrogen and oxygen atoms in total. The molecule has 1 fully saturated rings. The summed E-state index contributed by atoms with van der Waals surface area (Å²) < 4.78 is 5.24. The molecular formula is C27H35N5O3. The molecule has 2 amide bonds. The summed E-state index contributed by atoms with van der Waals surface area (Å²) in [5.74, 6) is 0.315. The molecule has 186 valence electrons. The van der Waals surface area contributed by atoms with Gasteiger partial charge < -0.3 is 20.4 Å². The van der Waals surface area contributed by atoms with Gasteiger partial charge >= 0.3 is 6.09 Å². The zero-order valence-corrected chi connectivity index (χ0v) is 21.0. The summed E-state index contributed by atoms with van der Waals surface area (Å²) in [4.78, 5) is 34.9. The third-order valence-electron chi connectivity index (χ3n) is 6.15. The average molecular weight is 478 g/mol. The number of aromatic nitrogens is 2. The maximum absolute atomic E-state index is 12.9. The minimum atomic E-state index is -0.513. The van der Waals surface area contributed by atoms with Crippen LogP contribution in [0.3, 0.4) is 0 Å². The van der Waals surface area contributed by atoms with Gasteiger partial charge in [-0.1, -0.05) is 12.1 Å². The van der Waals surface area contributed by atoms with Crippen LogP contribution in [0.4, 0.5) is 10.6 Å². The van der Waals surface area contributed by atoms with E-state index in [4.69, 9.17) is 4.74 Å². The first kappa shape index (κ1) is 24.7. The summed E-state index contributed by atoms with van der Waals surface area (Å²) in [6.07, 6.45) is 5.21. The number of benzene rings is 1. The van der Waals surface area contributed by atoms with E-state index in [1.807, 2.05) is 45.0 Å². The summed E-state index contributed by atoms with van der Waals surface area (Å²) >= 11 is 0. The Labute approximate surface area is 206 Å². The molecule has 1 aromatic carbocycles. The molecule has 1 aliphatic heterocycles. The van der Waals surface area contributed by atoms with Gasteiger partial charge in [-0.05, 0) is 83.8 Å². The van der Waals surface area contributed by atoms with Crippen LogP contribution in [0.2, 0.25) is 0 Å². The summed E-state index contributed by atoms with van der Waals surface area (Å²) in [6.45, 7) is 7.12. The summed E-state index contributed by atoms with van der Waals surface area (Å²) in [5, 5.41) is 6.72. The van der Waals surface area contributed by atoms with Crippen LogP contribution in [0.1, 0.15) is 67.7 Å². The molecule has 35 heavy (non-hydrogen) atoms. The van der Waals surface area contributed by atoms with Crippen LogP contribution in [0.5, 0.6) is 0 Å². The lowest BCUT2D eigenvalue weighted by atomic mass is 10.1. The third kappa shape index (κ3) is 6.60. The lowest BCUT2D eigenvalue weighted by molar-refractivity contribution is 0.0527. The van der Waals surface area contributed by atoms with Crippen molar-refractivity contribution in [1.29, 1.82) is 0 Å². The van der Waals surface area contributed by atoms with Crippen molar-refractivity contribution < 1.29 is 14.3 Å². The molecule has 1 atom stereocenters. The molecule has 0 saturated carbocycles. The first-order valence-corrected chi connectivity index (χ1v) is 12.2. The van der Waals surface area contributed by atoms with E-state index in [2.05, 4.69) is 38.6 Å². The minimum absolute atomic E-state index is 0.201. The Morgan fingerprint density at radius 2 is 2.06 bits per heavy atom. The van der Waals surface area contributed by atoms with Gasteiger partial charge in [-0.3, -0.25) is 9.69 Å². The molecule has 0 spiro atoms. The van der Waals surface area contributed by atoms with Gasteiger partial charge in [0.25, 0.3) is 5.91 Å². The Balaban J connectivity index is 1.33. The number of hydrogen-bond acceptors (Lipinski definition) is 5. The van der Waals surface area contributed by atoms with Crippen LogP contribution in [0.25, 0.3) is 10.9 Å². The Hall–Kier alpha value is -3.39. The van der Waals surface area contributed by atoms with Crippen LogP contribution < -0.4 is 10.6 Å². The number of alkyl carbamates (subject to hydrolysis) is 1. The predicted molar refractivity (Wildman–Crippen MR) is 138 cm³/mol. The van der Waals surface area contributed by atoms with Gasteiger partial charge in [0.05, 0.1) is 5.52 Å². The van der Waals surface area contributed by atoms with Crippen molar-refractivity contribution in [3.05, 3.63) is 59.4 Å². The summed E-state index contributed by atoms with van der Waals surface area (Å²) in [5.41, 5.74) is 3.25. The topological polar surface area (TPSA) is 99.4 Å². The number of carbonyl (C=O) groups excluding carboxylic acids is 2. The summed E-state index contributed by atoms with van der Waals surface area (Å²) in [6, 6.07) is 12.0. The van der Waals surface area contributed by atoms with Crippen LogP contribution in [-0.4, -0.2) is 52.6 Å². The van der Waals surface area contributed by atoms with E-state index in [0.717, 1.165) is 42.3 Å². The second kappa shape index (κ2) is 10.5. The number of aromatic amines is 1. The molecule has 3 N–H and O–H groups in total. The number of amides is 2. The van der Waals surface area contributed by atoms with Gasteiger partial charge in [0.1, 0.15) is 11.4 Å². The molecule has 4 rings (SSSR count). The normalized spacial score (nSPS) is 16.4. The number of anilines is 1. The number of likely N-dealkylation sites (tertiary alicyclic amines) is 1. The van der Waals surface area contributed by atoms with Crippen molar-refractivity contribution in [1.82, 2.24) is 20.2 Å². The molecule has 0 bridgehead atoms. The fraction of sp³-hybridized carbons (Fsp3) is 0.444. The van der Waals surface area contributed by atoms with E-state index in [9.17, 15) is 9.59 Å². The van der Waals surface area contributed by atoms with E-state index < -0.39 is 11.7 Å². The molecule has 3 aromatic rings.